The molecule has 0 bridgehead atoms. The van der Waals surface area contributed by atoms with Gasteiger partial charge in [-0.25, -0.2) is 0 Å². The molecule has 1 unspecified atom stereocenters. The number of rotatable bonds is 6. The average molecular weight is 391 g/mol. The number of anilines is 1. The zero-order valence-corrected chi connectivity index (χ0v) is 16.6. The third-order valence-electron chi connectivity index (χ3n) is 4.99. The van der Waals surface area contributed by atoms with Gasteiger partial charge < -0.3 is 15.0 Å². The maximum Gasteiger partial charge on any atom is 0.247 e. The summed E-state index contributed by atoms with van der Waals surface area (Å²) in [6.45, 7) is 2.78. The van der Waals surface area contributed by atoms with Gasteiger partial charge in [0.25, 0.3) is 0 Å². The maximum absolute atomic E-state index is 12.8. The van der Waals surface area contributed by atoms with E-state index in [1.54, 1.807) is 29.2 Å². The number of nitrogens with one attached hydrogen (secondary N) is 1. The van der Waals surface area contributed by atoms with Crippen molar-refractivity contribution in [1.29, 1.82) is 5.26 Å². The van der Waals surface area contributed by atoms with Crippen molar-refractivity contribution in [2.24, 2.45) is 0 Å². The molecule has 1 N–H and O–H groups in total. The number of benzene rings is 2. The van der Waals surface area contributed by atoms with E-state index in [9.17, 15) is 9.59 Å². The van der Waals surface area contributed by atoms with Gasteiger partial charge >= 0.3 is 0 Å². The van der Waals surface area contributed by atoms with Gasteiger partial charge in [0.2, 0.25) is 11.8 Å². The Hall–Kier alpha value is -3.33. The molecule has 1 saturated heterocycles. The topological polar surface area (TPSA) is 82.4 Å². The normalized spacial score (nSPS) is 16.0. The fourth-order valence-corrected chi connectivity index (χ4v) is 3.49. The van der Waals surface area contributed by atoms with E-state index in [4.69, 9.17) is 10.00 Å². The fraction of sp³-hybridized carbons (Fsp3) is 0.348. The SMILES string of the molecule is CCC(=O)N1CCCCC1C(=O)Nc1cccc(OCc2cccc(C#N)c2)c1. The van der Waals surface area contributed by atoms with Crippen LogP contribution in [-0.4, -0.2) is 29.3 Å². The molecule has 0 saturated carbocycles. The molecule has 0 radical (unpaired) electrons. The minimum Gasteiger partial charge on any atom is -0.489 e. The summed E-state index contributed by atoms with van der Waals surface area (Å²) in [5.41, 5.74) is 2.12. The van der Waals surface area contributed by atoms with E-state index in [2.05, 4.69) is 11.4 Å². The molecule has 2 amide bonds. The summed E-state index contributed by atoms with van der Waals surface area (Å²) in [4.78, 5) is 26.6. The van der Waals surface area contributed by atoms with Crippen molar-refractivity contribution in [2.75, 3.05) is 11.9 Å². The summed E-state index contributed by atoms with van der Waals surface area (Å²) in [6, 6.07) is 16.1. The van der Waals surface area contributed by atoms with Crippen LogP contribution in [0.25, 0.3) is 0 Å². The summed E-state index contributed by atoms with van der Waals surface area (Å²) in [5, 5.41) is 11.9. The fourth-order valence-electron chi connectivity index (χ4n) is 3.49. The van der Waals surface area contributed by atoms with E-state index in [-0.39, 0.29) is 11.8 Å². The predicted octanol–water partition coefficient (Wildman–Crippen LogP) is 3.87. The lowest BCUT2D eigenvalue weighted by Gasteiger charge is -2.34. The number of nitrogens with zero attached hydrogens (tertiary/aromatic N) is 2. The van der Waals surface area contributed by atoms with E-state index >= 15 is 0 Å². The summed E-state index contributed by atoms with van der Waals surface area (Å²) in [5.74, 6) is 0.474. The molecule has 1 heterocycles. The average Bonchev–Trinajstić information content (AvgIpc) is 2.77. The highest BCUT2D eigenvalue weighted by atomic mass is 16.5. The first kappa shape index (κ1) is 20.4. The van der Waals surface area contributed by atoms with Crippen LogP contribution in [0.15, 0.2) is 48.5 Å². The van der Waals surface area contributed by atoms with Gasteiger partial charge in [0, 0.05) is 24.7 Å². The first-order valence-corrected chi connectivity index (χ1v) is 9.93. The molecule has 1 atom stereocenters. The van der Waals surface area contributed by atoms with Crippen LogP contribution >= 0.6 is 0 Å². The number of hydrogen-bond donors (Lipinski definition) is 1. The molecule has 6 heteroatoms. The molecule has 150 valence electrons. The third kappa shape index (κ3) is 5.35. The van der Waals surface area contributed by atoms with Crippen LogP contribution in [0.3, 0.4) is 0 Å². The highest BCUT2D eigenvalue weighted by molar-refractivity contribution is 5.97. The van der Waals surface area contributed by atoms with Crippen molar-refractivity contribution < 1.29 is 14.3 Å². The largest absolute Gasteiger partial charge is 0.489 e. The molecule has 2 aromatic carbocycles. The van der Waals surface area contributed by atoms with Crippen LogP contribution in [0.1, 0.15) is 43.7 Å². The van der Waals surface area contributed by atoms with Crippen molar-refractivity contribution in [2.45, 2.75) is 45.3 Å². The lowest BCUT2D eigenvalue weighted by atomic mass is 10.0. The maximum atomic E-state index is 12.8. The molecular weight excluding hydrogens is 366 g/mol. The van der Waals surface area contributed by atoms with Crippen LogP contribution in [0.5, 0.6) is 5.75 Å². The minimum absolute atomic E-state index is 0.0153. The number of carbonyl (C=O) groups excluding carboxylic acids is 2. The van der Waals surface area contributed by atoms with E-state index < -0.39 is 6.04 Å². The Balaban J connectivity index is 1.63. The second-order valence-corrected chi connectivity index (χ2v) is 7.07. The first-order valence-electron chi connectivity index (χ1n) is 9.93. The van der Waals surface area contributed by atoms with Crippen molar-refractivity contribution in [3.05, 3.63) is 59.7 Å². The van der Waals surface area contributed by atoms with Gasteiger partial charge in [-0.15, -0.1) is 0 Å². The zero-order chi connectivity index (χ0) is 20.6. The van der Waals surface area contributed by atoms with E-state index in [1.807, 2.05) is 31.2 Å². The molecule has 1 aliphatic heterocycles. The third-order valence-corrected chi connectivity index (χ3v) is 4.99. The standard InChI is InChI=1S/C23H25N3O3/c1-2-22(27)26-12-4-3-11-21(26)23(28)25-19-9-6-10-20(14-19)29-16-18-8-5-7-17(13-18)15-24/h5-10,13-14,21H,2-4,11-12,16H2,1H3,(H,25,28). The summed E-state index contributed by atoms with van der Waals surface area (Å²) >= 11 is 0. The van der Waals surface area contributed by atoms with Gasteiger partial charge in [-0.3, -0.25) is 9.59 Å². The highest BCUT2D eigenvalue weighted by Crippen LogP contribution is 2.22. The molecule has 1 aliphatic rings. The molecular formula is C23H25N3O3. The van der Waals surface area contributed by atoms with Crippen LogP contribution in [-0.2, 0) is 16.2 Å². The summed E-state index contributed by atoms with van der Waals surface area (Å²) in [6.07, 6.45) is 2.96. The van der Waals surface area contributed by atoms with E-state index in [0.717, 1.165) is 18.4 Å². The van der Waals surface area contributed by atoms with Gasteiger partial charge in [-0.1, -0.05) is 25.1 Å². The zero-order valence-electron chi connectivity index (χ0n) is 16.6. The predicted molar refractivity (Wildman–Crippen MR) is 110 cm³/mol. The lowest BCUT2D eigenvalue weighted by Crippen LogP contribution is -2.49. The van der Waals surface area contributed by atoms with Crippen LogP contribution in [0.2, 0.25) is 0 Å². The first-order chi connectivity index (χ1) is 14.1. The summed E-state index contributed by atoms with van der Waals surface area (Å²) in [7, 11) is 0. The van der Waals surface area contributed by atoms with Crippen molar-refractivity contribution >= 4 is 17.5 Å². The molecule has 6 nitrogen and oxygen atoms in total. The number of likely N-dealkylation sites (tertiary alicyclic amines) is 1. The van der Waals surface area contributed by atoms with Crippen LogP contribution < -0.4 is 10.1 Å². The number of ether oxygens (including phenoxy) is 1. The molecule has 2 aromatic rings. The summed E-state index contributed by atoms with van der Waals surface area (Å²) < 4.78 is 5.81. The Labute approximate surface area is 171 Å². The van der Waals surface area contributed by atoms with E-state index in [0.29, 0.717) is 43.0 Å². The molecule has 0 spiro atoms. The Bertz CT molecular complexity index is 920. The van der Waals surface area contributed by atoms with Crippen molar-refractivity contribution in [1.82, 2.24) is 4.90 Å². The molecule has 29 heavy (non-hydrogen) atoms. The minimum atomic E-state index is -0.422. The number of amides is 2. The molecule has 0 aliphatic carbocycles. The second-order valence-electron chi connectivity index (χ2n) is 7.07. The second kappa shape index (κ2) is 9.74. The molecule has 3 rings (SSSR count). The Morgan fingerprint density at radius 2 is 2.03 bits per heavy atom. The van der Waals surface area contributed by atoms with E-state index in [1.165, 1.54) is 0 Å². The van der Waals surface area contributed by atoms with Crippen molar-refractivity contribution in [3.8, 4) is 11.8 Å². The number of hydrogen-bond acceptors (Lipinski definition) is 4. The monoisotopic (exact) mass is 391 g/mol. The highest BCUT2D eigenvalue weighted by Gasteiger charge is 2.31. The Kier molecular flexibility index (Phi) is 6.85. The molecule has 0 aromatic heterocycles. The quantitative estimate of drug-likeness (QED) is 0.810. The van der Waals surface area contributed by atoms with Crippen molar-refractivity contribution in [3.63, 3.8) is 0 Å². The Morgan fingerprint density at radius 3 is 2.83 bits per heavy atom. The Morgan fingerprint density at radius 1 is 1.21 bits per heavy atom. The van der Waals surface area contributed by atoms with Gasteiger partial charge in [0.15, 0.2) is 0 Å². The van der Waals surface area contributed by atoms with Gasteiger partial charge in [0.1, 0.15) is 18.4 Å². The number of piperidine rings is 1. The van der Waals surface area contributed by atoms with Gasteiger partial charge in [0.05, 0.1) is 11.6 Å². The number of nitriles is 1. The van der Waals surface area contributed by atoms with Gasteiger partial charge in [-0.05, 0) is 49.1 Å². The van der Waals surface area contributed by atoms with Gasteiger partial charge in [-0.2, -0.15) is 5.26 Å². The smallest absolute Gasteiger partial charge is 0.247 e. The van der Waals surface area contributed by atoms with Crippen LogP contribution in [0, 0.1) is 11.3 Å². The lowest BCUT2D eigenvalue weighted by molar-refractivity contribution is -0.140. The molecule has 1 fully saturated rings. The number of carbonyl (C=O) groups is 2. The van der Waals surface area contributed by atoms with Crippen LogP contribution in [0.4, 0.5) is 5.69 Å².